The highest BCUT2D eigenvalue weighted by atomic mass is 32.2. The quantitative estimate of drug-likeness (QED) is 0.910. The van der Waals surface area contributed by atoms with Crippen LogP contribution in [0, 0.1) is 0 Å². The summed E-state index contributed by atoms with van der Waals surface area (Å²) in [6.07, 6.45) is 0. The van der Waals surface area contributed by atoms with E-state index in [9.17, 15) is 8.42 Å². The summed E-state index contributed by atoms with van der Waals surface area (Å²) in [6.45, 7) is 4.30. The predicted octanol–water partition coefficient (Wildman–Crippen LogP) is 1.92. The lowest BCUT2D eigenvalue weighted by Gasteiger charge is -2.12. The van der Waals surface area contributed by atoms with Crippen LogP contribution >= 0.6 is 0 Å². The molecule has 1 aromatic heterocycles. The summed E-state index contributed by atoms with van der Waals surface area (Å²) in [7, 11) is -3.03. The Morgan fingerprint density at radius 3 is 2.58 bits per heavy atom. The molecular weight excluding hydrogens is 260 g/mol. The number of hydrogen-bond acceptors (Lipinski definition) is 3. The molecule has 2 rings (SSSR count). The molecule has 0 atom stereocenters. The van der Waals surface area contributed by atoms with E-state index in [1.165, 1.54) is 0 Å². The summed E-state index contributed by atoms with van der Waals surface area (Å²) in [6, 6.07) is 9.96. The summed E-state index contributed by atoms with van der Waals surface area (Å²) < 4.78 is 25.8. The molecule has 5 heteroatoms. The van der Waals surface area contributed by atoms with Crippen molar-refractivity contribution in [1.82, 2.24) is 4.57 Å². The predicted molar refractivity (Wildman–Crippen MR) is 78.8 cm³/mol. The first-order valence-electron chi connectivity index (χ1n) is 6.44. The monoisotopic (exact) mass is 280 g/mol. The van der Waals surface area contributed by atoms with Crippen molar-refractivity contribution >= 4 is 20.7 Å². The minimum Gasteiger partial charge on any atom is -0.342 e. The average molecular weight is 280 g/mol. The fourth-order valence-electron chi connectivity index (χ4n) is 2.15. The van der Waals surface area contributed by atoms with E-state index in [-0.39, 0.29) is 11.0 Å². The molecular formula is C14H20N2O2S. The molecule has 4 nitrogen and oxygen atoms in total. The highest BCUT2D eigenvalue weighted by molar-refractivity contribution is 7.91. The average Bonchev–Trinajstić information content (AvgIpc) is 2.74. The molecule has 0 aliphatic heterocycles. The van der Waals surface area contributed by atoms with E-state index in [4.69, 9.17) is 5.73 Å². The second-order valence-corrected chi connectivity index (χ2v) is 7.64. The van der Waals surface area contributed by atoms with Crippen molar-refractivity contribution in [1.29, 1.82) is 0 Å². The first-order valence-corrected chi connectivity index (χ1v) is 8.16. The van der Waals surface area contributed by atoms with Gasteiger partial charge in [0.25, 0.3) is 0 Å². The summed E-state index contributed by atoms with van der Waals surface area (Å²) in [5.41, 5.74) is 7.76. The van der Waals surface area contributed by atoms with Gasteiger partial charge in [-0.3, -0.25) is 0 Å². The number of fused-ring (bicyclic) bond motifs is 1. The van der Waals surface area contributed by atoms with Crippen LogP contribution < -0.4 is 5.73 Å². The molecule has 2 aromatic rings. The minimum atomic E-state index is -3.03. The van der Waals surface area contributed by atoms with Crippen molar-refractivity contribution in [2.75, 3.05) is 5.75 Å². The van der Waals surface area contributed by atoms with Gasteiger partial charge in [-0.1, -0.05) is 18.2 Å². The largest absolute Gasteiger partial charge is 0.342 e. The second-order valence-electron chi connectivity index (χ2n) is 4.97. The van der Waals surface area contributed by atoms with Gasteiger partial charge in [-0.2, -0.15) is 0 Å². The van der Waals surface area contributed by atoms with Crippen LogP contribution in [-0.2, 0) is 22.9 Å². The Morgan fingerprint density at radius 2 is 1.95 bits per heavy atom. The number of hydrogen-bond donors (Lipinski definition) is 1. The van der Waals surface area contributed by atoms with Gasteiger partial charge in [-0.15, -0.1) is 0 Å². The SMILES string of the molecule is CC(C)S(=O)(=O)CCn1c(CN)cc2ccccc21. The molecule has 0 spiro atoms. The lowest BCUT2D eigenvalue weighted by Crippen LogP contribution is -2.22. The lowest BCUT2D eigenvalue weighted by atomic mass is 10.2. The number of benzene rings is 1. The minimum absolute atomic E-state index is 0.149. The van der Waals surface area contributed by atoms with Gasteiger partial charge in [0.1, 0.15) is 0 Å². The van der Waals surface area contributed by atoms with Crippen LogP contribution in [0.3, 0.4) is 0 Å². The zero-order chi connectivity index (χ0) is 14.0. The Hall–Kier alpha value is -1.33. The second kappa shape index (κ2) is 5.35. The Morgan fingerprint density at radius 1 is 1.26 bits per heavy atom. The standard InChI is InChI=1S/C14H20N2O2S/c1-11(2)19(17,18)8-7-16-13(10-15)9-12-5-3-4-6-14(12)16/h3-6,9,11H,7-8,10,15H2,1-2H3. The molecule has 0 aliphatic carbocycles. The maximum absolute atomic E-state index is 11.9. The van der Waals surface area contributed by atoms with E-state index in [0.717, 1.165) is 16.6 Å². The number of para-hydroxylation sites is 1. The van der Waals surface area contributed by atoms with Crippen LogP contribution in [0.5, 0.6) is 0 Å². The molecule has 1 heterocycles. The number of aryl methyl sites for hydroxylation is 1. The molecule has 0 unspecified atom stereocenters. The first-order chi connectivity index (χ1) is 8.95. The zero-order valence-corrected chi connectivity index (χ0v) is 12.2. The Bertz CT molecular complexity index is 672. The van der Waals surface area contributed by atoms with Gasteiger partial charge in [0.2, 0.25) is 0 Å². The molecule has 0 bridgehead atoms. The van der Waals surface area contributed by atoms with Crippen LogP contribution in [-0.4, -0.2) is 24.0 Å². The normalized spacial score (nSPS) is 12.4. The van der Waals surface area contributed by atoms with Crippen molar-refractivity contribution in [3.8, 4) is 0 Å². The van der Waals surface area contributed by atoms with Gasteiger partial charge in [-0.05, 0) is 31.4 Å². The maximum atomic E-state index is 11.9. The van der Waals surface area contributed by atoms with Crippen molar-refractivity contribution in [3.63, 3.8) is 0 Å². The maximum Gasteiger partial charge on any atom is 0.154 e. The Labute approximate surface area is 114 Å². The number of nitrogens with two attached hydrogens (primary N) is 1. The van der Waals surface area contributed by atoms with Crippen LogP contribution in [0.1, 0.15) is 19.5 Å². The van der Waals surface area contributed by atoms with Crippen LogP contribution in [0.15, 0.2) is 30.3 Å². The van der Waals surface area contributed by atoms with Gasteiger partial charge in [-0.25, -0.2) is 8.42 Å². The summed E-state index contributed by atoms with van der Waals surface area (Å²) in [4.78, 5) is 0. The van der Waals surface area contributed by atoms with Gasteiger partial charge in [0.05, 0.1) is 11.0 Å². The Kier molecular flexibility index (Phi) is 3.96. The van der Waals surface area contributed by atoms with Crippen molar-refractivity contribution in [2.24, 2.45) is 5.73 Å². The molecule has 0 radical (unpaired) electrons. The molecule has 0 saturated heterocycles. The van der Waals surface area contributed by atoms with E-state index in [2.05, 4.69) is 0 Å². The summed E-state index contributed by atoms with van der Waals surface area (Å²) in [5.74, 6) is 0.149. The van der Waals surface area contributed by atoms with E-state index in [1.54, 1.807) is 13.8 Å². The highest BCUT2D eigenvalue weighted by Gasteiger charge is 2.17. The molecule has 1 aromatic carbocycles. The topological polar surface area (TPSA) is 65.1 Å². The molecule has 0 fully saturated rings. The third-order valence-electron chi connectivity index (χ3n) is 3.42. The molecule has 104 valence electrons. The van der Waals surface area contributed by atoms with Crippen molar-refractivity contribution in [3.05, 3.63) is 36.0 Å². The zero-order valence-electron chi connectivity index (χ0n) is 11.3. The smallest absolute Gasteiger partial charge is 0.154 e. The van der Waals surface area contributed by atoms with E-state index < -0.39 is 9.84 Å². The lowest BCUT2D eigenvalue weighted by molar-refractivity contribution is 0.580. The highest BCUT2D eigenvalue weighted by Crippen LogP contribution is 2.20. The van der Waals surface area contributed by atoms with E-state index in [0.29, 0.717) is 13.1 Å². The molecule has 19 heavy (non-hydrogen) atoms. The van der Waals surface area contributed by atoms with E-state index in [1.807, 2.05) is 34.9 Å². The summed E-state index contributed by atoms with van der Waals surface area (Å²) >= 11 is 0. The molecule has 0 amide bonds. The van der Waals surface area contributed by atoms with Crippen molar-refractivity contribution < 1.29 is 8.42 Å². The third kappa shape index (κ3) is 2.82. The number of rotatable bonds is 5. The molecule has 2 N–H and O–H groups in total. The van der Waals surface area contributed by atoms with Gasteiger partial charge in [0, 0.05) is 24.3 Å². The number of aromatic nitrogens is 1. The number of nitrogens with zero attached hydrogens (tertiary/aromatic N) is 1. The summed E-state index contributed by atoms with van der Waals surface area (Å²) in [5, 5.41) is 0.764. The molecule has 0 aliphatic rings. The van der Waals surface area contributed by atoms with E-state index >= 15 is 0 Å². The van der Waals surface area contributed by atoms with Crippen molar-refractivity contribution in [2.45, 2.75) is 32.2 Å². The van der Waals surface area contributed by atoms with Gasteiger partial charge < -0.3 is 10.3 Å². The van der Waals surface area contributed by atoms with Crippen LogP contribution in [0.25, 0.3) is 10.9 Å². The molecule has 0 saturated carbocycles. The van der Waals surface area contributed by atoms with Gasteiger partial charge in [0.15, 0.2) is 9.84 Å². The third-order valence-corrected chi connectivity index (χ3v) is 5.61. The van der Waals surface area contributed by atoms with Crippen LogP contribution in [0.2, 0.25) is 0 Å². The van der Waals surface area contributed by atoms with Gasteiger partial charge >= 0.3 is 0 Å². The fraction of sp³-hybridized carbons (Fsp3) is 0.429. The Balaban J connectivity index is 2.34. The first kappa shape index (κ1) is 14.1. The fourth-order valence-corrected chi connectivity index (χ4v) is 3.06. The number of sulfone groups is 1. The van der Waals surface area contributed by atoms with Crippen LogP contribution in [0.4, 0.5) is 0 Å².